The van der Waals surface area contributed by atoms with Crippen LogP contribution < -0.4 is 10.6 Å². The van der Waals surface area contributed by atoms with Crippen molar-refractivity contribution in [2.24, 2.45) is 0 Å². The molecule has 0 saturated carbocycles. The second kappa shape index (κ2) is 6.56. The molecule has 20 heavy (non-hydrogen) atoms. The Labute approximate surface area is 125 Å². The van der Waals surface area contributed by atoms with Gasteiger partial charge in [0.2, 0.25) is 0 Å². The van der Waals surface area contributed by atoms with Gasteiger partial charge in [0.1, 0.15) is 10.3 Å². The molecule has 2 aromatic rings. The molecular weight excluding hydrogens is 301 g/mol. The summed E-state index contributed by atoms with van der Waals surface area (Å²) in [6.45, 7) is -0.163. The maximum Gasteiger partial charge on any atom is 0.323 e. The van der Waals surface area contributed by atoms with Crippen LogP contribution in [0, 0.1) is 0 Å². The fourth-order valence-electron chi connectivity index (χ4n) is 1.60. The van der Waals surface area contributed by atoms with E-state index in [1.165, 1.54) is 12.1 Å². The first-order valence-corrected chi connectivity index (χ1v) is 6.44. The maximum atomic E-state index is 11.9. The molecule has 0 radical (unpaired) electrons. The van der Waals surface area contributed by atoms with Gasteiger partial charge in [-0.3, -0.25) is 0 Å². The summed E-state index contributed by atoms with van der Waals surface area (Å²) in [6.07, 6.45) is 0. The number of pyridine rings is 1. The molecule has 1 aromatic carbocycles. The van der Waals surface area contributed by atoms with E-state index in [1.807, 2.05) is 0 Å². The molecule has 0 fully saturated rings. The van der Waals surface area contributed by atoms with Gasteiger partial charge >= 0.3 is 6.03 Å². The summed E-state index contributed by atoms with van der Waals surface area (Å²) >= 11 is 11.5. The van der Waals surface area contributed by atoms with E-state index in [1.54, 1.807) is 24.3 Å². The number of hydrogen-bond acceptors (Lipinski definition) is 3. The molecule has 0 bridgehead atoms. The van der Waals surface area contributed by atoms with Crippen LogP contribution in [-0.4, -0.2) is 16.1 Å². The lowest BCUT2D eigenvalue weighted by Gasteiger charge is -2.10. The average molecular weight is 312 g/mol. The molecule has 104 valence electrons. The van der Waals surface area contributed by atoms with Gasteiger partial charge in [-0.25, -0.2) is 9.78 Å². The van der Waals surface area contributed by atoms with Crippen molar-refractivity contribution < 1.29 is 9.90 Å². The van der Waals surface area contributed by atoms with Gasteiger partial charge in [-0.2, -0.15) is 0 Å². The van der Waals surface area contributed by atoms with Crippen molar-refractivity contribution in [3.8, 4) is 0 Å². The first-order chi connectivity index (χ1) is 9.58. The number of rotatable bonds is 3. The predicted molar refractivity (Wildman–Crippen MR) is 79.3 cm³/mol. The van der Waals surface area contributed by atoms with E-state index in [0.29, 0.717) is 16.9 Å². The Bertz CT molecular complexity index is 615. The third kappa shape index (κ3) is 3.84. The van der Waals surface area contributed by atoms with E-state index >= 15 is 0 Å². The lowest BCUT2D eigenvalue weighted by molar-refractivity contribution is 0.262. The fraction of sp³-hybridized carbons (Fsp3) is 0.0769. The number of para-hydroxylation sites is 1. The number of carbonyl (C=O) groups excluding carboxylic acids is 1. The SMILES string of the molecule is O=C(Nc1cc(Cl)nc(Cl)c1)Nc1ccccc1CO. The van der Waals surface area contributed by atoms with E-state index < -0.39 is 6.03 Å². The van der Waals surface area contributed by atoms with E-state index in [4.69, 9.17) is 23.2 Å². The summed E-state index contributed by atoms with van der Waals surface area (Å²) in [7, 11) is 0. The highest BCUT2D eigenvalue weighted by molar-refractivity contribution is 6.33. The highest BCUT2D eigenvalue weighted by Gasteiger charge is 2.07. The molecule has 7 heteroatoms. The van der Waals surface area contributed by atoms with Crippen molar-refractivity contribution in [1.29, 1.82) is 0 Å². The zero-order valence-electron chi connectivity index (χ0n) is 10.2. The number of hydrogen-bond donors (Lipinski definition) is 3. The van der Waals surface area contributed by atoms with Gasteiger partial charge in [0.05, 0.1) is 6.61 Å². The quantitative estimate of drug-likeness (QED) is 0.759. The minimum atomic E-state index is -0.468. The monoisotopic (exact) mass is 311 g/mol. The molecule has 5 nitrogen and oxygen atoms in total. The number of aliphatic hydroxyl groups is 1. The summed E-state index contributed by atoms with van der Waals surface area (Å²) in [5.74, 6) is 0. The van der Waals surface area contributed by atoms with Crippen molar-refractivity contribution >= 4 is 40.6 Å². The smallest absolute Gasteiger partial charge is 0.323 e. The molecule has 0 unspecified atom stereocenters. The summed E-state index contributed by atoms with van der Waals surface area (Å²) in [6, 6.07) is 9.43. The van der Waals surface area contributed by atoms with Crippen LogP contribution in [0.4, 0.5) is 16.2 Å². The summed E-state index contributed by atoms with van der Waals surface area (Å²) in [5, 5.41) is 14.8. The molecule has 0 spiro atoms. The molecule has 3 N–H and O–H groups in total. The van der Waals surface area contributed by atoms with E-state index in [2.05, 4.69) is 15.6 Å². The standard InChI is InChI=1S/C13H11Cl2N3O2/c14-11-5-9(6-12(15)18-11)16-13(20)17-10-4-2-1-3-8(10)7-19/h1-6,19H,7H2,(H2,16,17,18,20). The summed E-state index contributed by atoms with van der Waals surface area (Å²) in [4.78, 5) is 15.6. The Morgan fingerprint density at radius 2 is 1.80 bits per heavy atom. The third-order valence-corrected chi connectivity index (χ3v) is 2.84. The molecule has 1 heterocycles. The van der Waals surface area contributed by atoms with Crippen LogP contribution in [0.1, 0.15) is 5.56 Å². The number of urea groups is 1. The van der Waals surface area contributed by atoms with Crippen LogP contribution in [0.25, 0.3) is 0 Å². The van der Waals surface area contributed by atoms with Crippen molar-refractivity contribution in [2.75, 3.05) is 10.6 Å². The van der Waals surface area contributed by atoms with Crippen molar-refractivity contribution in [1.82, 2.24) is 4.98 Å². The summed E-state index contributed by atoms with van der Waals surface area (Å²) in [5.41, 5.74) is 1.57. The maximum absolute atomic E-state index is 11.9. The molecule has 0 aliphatic rings. The summed E-state index contributed by atoms with van der Waals surface area (Å²) < 4.78 is 0. The third-order valence-electron chi connectivity index (χ3n) is 2.46. The van der Waals surface area contributed by atoms with Crippen LogP contribution in [0.2, 0.25) is 10.3 Å². The Balaban J connectivity index is 2.09. The molecular formula is C13H11Cl2N3O2. The Morgan fingerprint density at radius 1 is 1.15 bits per heavy atom. The van der Waals surface area contributed by atoms with Crippen LogP contribution in [0.15, 0.2) is 36.4 Å². The minimum Gasteiger partial charge on any atom is -0.392 e. The van der Waals surface area contributed by atoms with Gasteiger partial charge in [0.25, 0.3) is 0 Å². The van der Waals surface area contributed by atoms with Crippen molar-refractivity contribution in [2.45, 2.75) is 6.61 Å². The number of nitrogens with zero attached hydrogens (tertiary/aromatic N) is 1. The number of nitrogens with one attached hydrogen (secondary N) is 2. The van der Waals surface area contributed by atoms with Crippen molar-refractivity contribution in [3.05, 3.63) is 52.3 Å². The second-order valence-electron chi connectivity index (χ2n) is 3.90. The van der Waals surface area contributed by atoms with E-state index in [-0.39, 0.29) is 16.9 Å². The van der Waals surface area contributed by atoms with Gasteiger partial charge in [-0.05, 0) is 18.2 Å². The fourth-order valence-corrected chi connectivity index (χ4v) is 2.06. The Kier molecular flexibility index (Phi) is 4.79. The second-order valence-corrected chi connectivity index (χ2v) is 4.67. The number of halogens is 2. The van der Waals surface area contributed by atoms with Gasteiger partial charge in [0, 0.05) is 16.9 Å². The zero-order valence-corrected chi connectivity index (χ0v) is 11.7. The lowest BCUT2D eigenvalue weighted by atomic mass is 10.2. The van der Waals surface area contributed by atoms with Gasteiger partial charge in [0.15, 0.2) is 0 Å². The van der Waals surface area contributed by atoms with Gasteiger partial charge in [-0.1, -0.05) is 41.4 Å². The zero-order chi connectivity index (χ0) is 14.5. The molecule has 1 aromatic heterocycles. The first kappa shape index (κ1) is 14.6. The average Bonchev–Trinajstić information content (AvgIpc) is 2.37. The Morgan fingerprint density at radius 3 is 2.45 bits per heavy atom. The van der Waals surface area contributed by atoms with Gasteiger partial charge < -0.3 is 15.7 Å². The predicted octanol–water partition coefficient (Wildman–Crippen LogP) is 3.52. The van der Waals surface area contributed by atoms with Crippen LogP contribution in [0.3, 0.4) is 0 Å². The van der Waals surface area contributed by atoms with Crippen LogP contribution in [0.5, 0.6) is 0 Å². The van der Waals surface area contributed by atoms with Crippen LogP contribution >= 0.6 is 23.2 Å². The number of aliphatic hydroxyl groups excluding tert-OH is 1. The first-order valence-electron chi connectivity index (χ1n) is 5.68. The lowest BCUT2D eigenvalue weighted by Crippen LogP contribution is -2.20. The topological polar surface area (TPSA) is 74.2 Å². The number of benzene rings is 1. The molecule has 2 amide bonds. The van der Waals surface area contributed by atoms with E-state index in [9.17, 15) is 9.90 Å². The largest absolute Gasteiger partial charge is 0.392 e. The molecule has 0 atom stereocenters. The van der Waals surface area contributed by atoms with Crippen molar-refractivity contribution in [3.63, 3.8) is 0 Å². The number of anilines is 2. The highest BCUT2D eigenvalue weighted by atomic mass is 35.5. The minimum absolute atomic E-state index is 0.163. The highest BCUT2D eigenvalue weighted by Crippen LogP contribution is 2.19. The number of carbonyl (C=O) groups is 1. The van der Waals surface area contributed by atoms with Gasteiger partial charge in [-0.15, -0.1) is 0 Å². The molecule has 0 aliphatic carbocycles. The molecule has 2 rings (SSSR count). The molecule has 0 saturated heterocycles. The van der Waals surface area contributed by atoms with Crippen LogP contribution in [-0.2, 0) is 6.61 Å². The molecule has 0 aliphatic heterocycles. The number of amides is 2. The number of aromatic nitrogens is 1. The van der Waals surface area contributed by atoms with E-state index in [0.717, 1.165) is 0 Å². The normalized spacial score (nSPS) is 10.2. The Hall–Kier alpha value is -1.82.